The minimum Gasteiger partial charge on any atom is -0.491 e. The van der Waals surface area contributed by atoms with Gasteiger partial charge in [0.1, 0.15) is 34.2 Å². The number of aryl methyl sites for hydroxylation is 3. The Hall–Kier alpha value is -7.71. The number of phosphoric acid groups is 2. The number of pyridine rings is 3. The zero-order chi connectivity index (χ0) is 82.5. The lowest BCUT2D eigenvalue weighted by molar-refractivity contribution is 0.167. The maximum Gasteiger partial charge on any atom is 0.469 e. The molecule has 6 aromatic heterocycles. The van der Waals surface area contributed by atoms with Crippen LogP contribution in [0.15, 0.2) is 161 Å². The molecule has 36 heteroatoms. The molecule has 12 aromatic rings. The summed E-state index contributed by atoms with van der Waals surface area (Å²) in [6.45, 7) is 19.4. The molecular weight excluding hydrogens is 1650 g/mol. The van der Waals surface area contributed by atoms with Gasteiger partial charge in [0.05, 0.1) is 88.1 Å². The highest BCUT2D eigenvalue weighted by molar-refractivity contribution is 7.92. The minimum atomic E-state index is -4.46. The molecular formula is C80H102Cl2N9O19P3S3. The van der Waals surface area contributed by atoms with E-state index in [2.05, 4.69) is 62.1 Å². The smallest absolute Gasteiger partial charge is 0.469 e. The summed E-state index contributed by atoms with van der Waals surface area (Å²) in [6, 6.07) is 38.8. The summed E-state index contributed by atoms with van der Waals surface area (Å²) in [6.07, 6.45) is 7.58. The number of ether oxygens (including phenoxy) is 3. The van der Waals surface area contributed by atoms with Crippen LogP contribution in [0.2, 0.25) is 0 Å². The molecule has 0 unspecified atom stereocenters. The lowest BCUT2D eigenvalue weighted by atomic mass is 9.99. The van der Waals surface area contributed by atoms with Crippen molar-refractivity contribution in [3.8, 4) is 50.6 Å². The largest absolute Gasteiger partial charge is 0.491 e. The van der Waals surface area contributed by atoms with Crippen LogP contribution in [0.1, 0.15) is 56.7 Å². The number of H-pyrrole nitrogens is 3. The van der Waals surface area contributed by atoms with Crippen molar-refractivity contribution in [2.24, 2.45) is 0 Å². The quantitative estimate of drug-likeness (QED) is 0.0142. The Morgan fingerprint density at radius 2 is 0.664 bits per heavy atom. The Labute approximate surface area is 688 Å². The maximum absolute atomic E-state index is 12.5. The lowest BCUT2D eigenvalue weighted by Gasteiger charge is -2.18. The van der Waals surface area contributed by atoms with Gasteiger partial charge >= 0.3 is 15.6 Å². The number of phosphoric ester groups is 2. The van der Waals surface area contributed by atoms with Gasteiger partial charge < -0.3 is 68.0 Å². The standard InChI is InChI=1S/C28H36N3O5PS.2C26H32N3O7PS.2ClH/c1-6-38(33,34)22-10-7-9-21(18-22)23-11-12-25(27-26(23)24-17-20(2)19-29-28(24)30-27)35-15-8-13-31(3)14-16-36-37(4,5)32;2*1-4-38(33,34)20-8-5-7-19(16-20)21-9-10-23(25-24(21)22-15-18(2)17-27-26(22)28-25)35-13-6-11-29(3)12-14-36-37(30,31)32;;/h7,9-12,17-19H,6,8,13-16H2,1-5H3,(H,29,30);2*5,7-10,15-17H,4,6,11-14H2,1-3H3,(H,27,28)(H2,30,31,32);2*1H. The van der Waals surface area contributed by atoms with E-state index in [0.29, 0.717) is 99.7 Å². The molecule has 0 radical (unpaired) electrons. The summed E-state index contributed by atoms with van der Waals surface area (Å²) in [7, 11) is -15.7. The topological polar surface area (TPSA) is 386 Å². The van der Waals surface area contributed by atoms with E-state index in [4.69, 9.17) is 38.3 Å². The van der Waals surface area contributed by atoms with E-state index in [0.717, 1.165) is 123 Å². The van der Waals surface area contributed by atoms with Gasteiger partial charge in [0.15, 0.2) is 36.9 Å². The van der Waals surface area contributed by atoms with E-state index in [1.54, 1.807) is 101 Å². The van der Waals surface area contributed by atoms with Gasteiger partial charge in [0.25, 0.3) is 0 Å². The third-order valence-electron chi connectivity index (χ3n) is 18.9. The number of aromatic nitrogens is 6. The number of sulfone groups is 3. The van der Waals surface area contributed by atoms with Crippen LogP contribution in [0.4, 0.5) is 0 Å². The molecule has 7 N–H and O–H groups in total. The number of fused-ring (bicyclic) bond motifs is 9. The third kappa shape index (κ3) is 25.0. The number of nitrogens with one attached hydrogen (secondary N) is 3. The van der Waals surface area contributed by atoms with Crippen molar-refractivity contribution in [1.82, 2.24) is 44.6 Å². The summed E-state index contributed by atoms with van der Waals surface area (Å²) in [5.41, 5.74) is 12.7. The molecule has 6 heterocycles. The van der Waals surface area contributed by atoms with Crippen molar-refractivity contribution >= 4 is 143 Å². The highest BCUT2D eigenvalue weighted by atomic mass is 35.5. The normalized spacial score (nSPS) is 12.4. The van der Waals surface area contributed by atoms with Crippen LogP contribution in [0.5, 0.6) is 17.2 Å². The fraction of sp³-hybridized carbons (Fsp3) is 0.362. The molecule has 6 aromatic carbocycles. The number of nitrogens with zero attached hydrogens (tertiary/aromatic N) is 6. The second-order valence-corrected chi connectivity index (χ2v) is 40.3. The molecule has 0 saturated carbocycles. The Morgan fingerprint density at radius 3 is 0.922 bits per heavy atom. The zero-order valence-corrected chi connectivity index (χ0v) is 73.3. The van der Waals surface area contributed by atoms with Crippen molar-refractivity contribution < 1.29 is 86.3 Å². The number of halogens is 2. The van der Waals surface area contributed by atoms with Crippen molar-refractivity contribution in [3.05, 3.63) is 163 Å². The fourth-order valence-electron chi connectivity index (χ4n) is 13.0. The van der Waals surface area contributed by atoms with E-state index >= 15 is 0 Å². The van der Waals surface area contributed by atoms with Gasteiger partial charge in [-0.2, -0.15) is 0 Å². The van der Waals surface area contributed by atoms with Gasteiger partial charge in [-0.3, -0.25) is 13.6 Å². The summed E-state index contributed by atoms with van der Waals surface area (Å²) in [4.78, 5) is 65.9. The van der Waals surface area contributed by atoms with E-state index in [-0.39, 0.29) is 65.1 Å². The summed E-state index contributed by atoms with van der Waals surface area (Å²) < 4.78 is 141. The molecule has 0 aliphatic rings. The first-order valence-electron chi connectivity index (χ1n) is 37.2. The summed E-state index contributed by atoms with van der Waals surface area (Å²) in [5.74, 6) is 2.14. The second-order valence-electron chi connectivity index (χ2n) is 28.2. The predicted octanol–water partition coefficient (Wildman–Crippen LogP) is 15.2. The molecule has 0 spiro atoms. The Morgan fingerprint density at radius 1 is 0.388 bits per heavy atom. The Kier molecular flexibility index (Phi) is 33.0. The van der Waals surface area contributed by atoms with Gasteiger partial charge in [-0.1, -0.05) is 57.2 Å². The van der Waals surface area contributed by atoms with Crippen molar-refractivity contribution in [3.63, 3.8) is 0 Å². The van der Waals surface area contributed by atoms with Crippen LogP contribution < -0.4 is 14.2 Å². The molecule has 0 fully saturated rings. The minimum absolute atomic E-state index is 0. The van der Waals surface area contributed by atoms with Gasteiger partial charge in [0.2, 0.25) is 0 Å². The number of likely N-dealkylation sites (N-methyl/N-ethyl adjacent to an activating group) is 3. The lowest BCUT2D eigenvalue weighted by Crippen LogP contribution is -2.25. The number of hydrogen-bond acceptors (Lipinski definition) is 21. The molecule has 0 aliphatic carbocycles. The average Bonchev–Trinajstić information content (AvgIpc) is 1.59. The Bertz CT molecular complexity index is 5370. The molecule has 628 valence electrons. The van der Waals surface area contributed by atoms with Crippen molar-refractivity contribution in [1.29, 1.82) is 0 Å². The third-order valence-corrected chi connectivity index (χ3v) is 26.0. The van der Waals surface area contributed by atoms with Crippen LogP contribution in [0.25, 0.3) is 99.2 Å². The fourth-order valence-corrected chi connectivity index (χ4v) is 16.9. The molecule has 12 rings (SSSR count). The zero-order valence-electron chi connectivity index (χ0n) is 66.6. The summed E-state index contributed by atoms with van der Waals surface area (Å²) in [5, 5.41) is 5.59. The van der Waals surface area contributed by atoms with Gasteiger partial charge in [-0.05, 0) is 202 Å². The molecule has 0 saturated heterocycles. The molecule has 0 aliphatic heterocycles. The number of benzene rings is 6. The average molecular weight is 1750 g/mol. The van der Waals surface area contributed by atoms with Crippen LogP contribution in [-0.2, 0) is 56.8 Å². The van der Waals surface area contributed by atoms with Crippen molar-refractivity contribution in [2.75, 3.05) is 131 Å². The van der Waals surface area contributed by atoms with Crippen LogP contribution >= 0.6 is 47.8 Å². The molecule has 28 nitrogen and oxygen atoms in total. The molecule has 0 bridgehead atoms. The first kappa shape index (κ1) is 93.8. The van der Waals surface area contributed by atoms with Gasteiger partial charge in [0, 0.05) is 104 Å². The predicted molar refractivity (Wildman–Crippen MR) is 463 cm³/mol. The van der Waals surface area contributed by atoms with Crippen LogP contribution in [0.3, 0.4) is 0 Å². The molecule has 0 amide bonds. The summed E-state index contributed by atoms with van der Waals surface area (Å²) >= 11 is 0. The van der Waals surface area contributed by atoms with Gasteiger partial charge in [-0.15, -0.1) is 24.8 Å². The van der Waals surface area contributed by atoms with E-state index in [1.807, 2.05) is 113 Å². The van der Waals surface area contributed by atoms with Gasteiger partial charge in [-0.25, -0.2) is 49.3 Å². The first-order valence-corrected chi connectivity index (χ1v) is 47.7. The second kappa shape index (κ2) is 40.8. The highest BCUT2D eigenvalue weighted by Gasteiger charge is 2.24. The number of rotatable bonds is 36. The van der Waals surface area contributed by atoms with Crippen LogP contribution in [-0.4, -0.2) is 220 Å². The highest BCUT2D eigenvalue weighted by Crippen LogP contribution is 2.44. The van der Waals surface area contributed by atoms with E-state index < -0.39 is 52.5 Å². The van der Waals surface area contributed by atoms with Crippen LogP contribution in [0, 0.1) is 20.8 Å². The maximum atomic E-state index is 12.5. The number of aromatic amines is 3. The first-order chi connectivity index (χ1) is 53.9. The SMILES string of the molecule is CCS(=O)(=O)c1cccc(-c2ccc(OCCCN(C)CCOP(=O)(O)O)c3[nH]c4ncc(C)cc4c23)c1.CCS(=O)(=O)c1cccc(-c2ccc(OCCCN(C)CCOP(=O)(O)O)c3[nH]c4ncc(C)cc4c23)c1.CCS(=O)(=O)c1cccc(-c2ccc(OCCCN(C)CCOP(C)(C)=O)c3[nH]c4ncc(C)cc4c23)c1.Cl.Cl. The van der Waals surface area contributed by atoms with Crippen molar-refractivity contribution in [2.45, 2.75) is 75.5 Å². The molecule has 116 heavy (non-hydrogen) atoms. The Balaban J connectivity index is 0.000000216. The van der Waals surface area contributed by atoms with E-state index in [9.17, 15) is 38.9 Å². The van der Waals surface area contributed by atoms with E-state index in [1.165, 1.54) is 0 Å². The number of hydrogen-bond donors (Lipinski definition) is 7. The monoisotopic (exact) mass is 1750 g/mol. The molecule has 0 atom stereocenters.